The second kappa shape index (κ2) is 7.57. The molecule has 2 atom stereocenters. The number of halogens is 1. The predicted molar refractivity (Wildman–Crippen MR) is 96.6 cm³/mol. The van der Waals surface area contributed by atoms with Gasteiger partial charge in [-0.15, -0.1) is 0 Å². The molecule has 1 aliphatic rings. The summed E-state index contributed by atoms with van der Waals surface area (Å²) in [6.45, 7) is 5.85. The maximum atomic E-state index is 12.1. The molecule has 1 heterocycles. The van der Waals surface area contributed by atoms with E-state index in [1.54, 1.807) is 32.9 Å². The van der Waals surface area contributed by atoms with Gasteiger partial charge in [0.1, 0.15) is 11.3 Å². The van der Waals surface area contributed by atoms with E-state index in [1.807, 2.05) is 0 Å². The highest BCUT2D eigenvalue weighted by molar-refractivity contribution is 9.10. The second-order valence-electron chi connectivity index (χ2n) is 6.95. The van der Waals surface area contributed by atoms with Gasteiger partial charge in [0.2, 0.25) is 0 Å². The van der Waals surface area contributed by atoms with Crippen molar-refractivity contribution >= 4 is 33.4 Å². The lowest BCUT2D eigenvalue weighted by Crippen LogP contribution is -2.52. The molecule has 1 saturated heterocycles. The van der Waals surface area contributed by atoms with Crippen molar-refractivity contribution < 1.29 is 19.6 Å². The van der Waals surface area contributed by atoms with Crippen LogP contribution in [0.2, 0.25) is 0 Å². The van der Waals surface area contributed by atoms with Crippen molar-refractivity contribution in [1.82, 2.24) is 4.90 Å². The Hall–Kier alpha value is -1.87. The number of hydrogen-bond acceptors (Lipinski definition) is 6. The minimum atomic E-state index is -0.857. The summed E-state index contributed by atoms with van der Waals surface area (Å²) in [5.41, 5.74) is -0.339. The molecule has 1 amide bonds. The molecule has 25 heavy (non-hydrogen) atoms. The number of benzene rings is 1. The van der Waals surface area contributed by atoms with E-state index in [0.29, 0.717) is 23.1 Å². The predicted octanol–water partition coefficient (Wildman–Crippen LogP) is 3.14. The van der Waals surface area contributed by atoms with E-state index in [2.05, 4.69) is 21.2 Å². The van der Waals surface area contributed by atoms with Crippen LogP contribution in [0.1, 0.15) is 27.2 Å². The first kappa shape index (κ1) is 19.5. The van der Waals surface area contributed by atoms with Crippen LogP contribution in [0.25, 0.3) is 0 Å². The highest BCUT2D eigenvalue weighted by Gasteiger charge is 2.33. The van der Waals surface area contributed by atoms with Crippen molar-refractivity contribution in [2.75, 3.05) is 18.4 Å². The van der Waals surface area contributed by atoms with Crippen LogP contribution in [0.5, 0.6) is 0 Å². The van der Waals surface area contributed by atoms with Crippen molar-refractivity contribution in [3.8, 4) is 0 Å². The third-order valence-corrected chi connectivity index (χ3v) is 4.22. The van der Waals surface area contributed by atoms with Gasteiger partial charge in [0.05, 0.1) is 23.6 Å². The first-order chi connectivity index (χ1) is 11.6. The van der Waals surface area contributed by atoms with Gasteiger partial charge >= 0.3 is 6.09 Å². The SMILES string of the molecule is CC(C)(C)OC(=O)N1CC[C@@H](Nc2ccc(Br)cc2[N+](=O)[O-])[C@H](O)C1. The number of nitro benzene ring substituents is 1. The first-order valence-electron chi connectivity index (χ1n) is 7.93. The number of piperidine rings is 1. The number of hydrogen-bond donors (Lipinski definition) is 2. The fraction of sp³-hybridized carbons (Fsp3) is 0.562. The Kier molecular flexibility index (Phi) is 5.89. The quantitative estimate of drug-likeness (QED) is 0.580. The van der Waals surface area contributed by atoms with Crippen molar-refractivity contribution in [1.29, 1.82) is 0 Å². The number of ether oxygens (including phenoxy) is 1. The maximum Gasteiger partial charge on any atom is 0.410 e. The van der Waals surface area contributed by atoms with E-state index in [1.165, 1.54) is 11.0 Å². The fourth-order valence-electron chi connectivity index (χ4n) is 2.57. The number of anilines is 1. The Morgan fingerprint density at radius 1 is 1.48 bits per heavy atom. The molecule has 1 aliphatic heterocycles. The number of nitrogens with one attached hydrogen (secondary N) is 1. The number of aliphatic hydroxyl groups excluding tert-OH is 1. The lowest BCUT2D eigenvalue weighted by atomic mass is 10.0. The molecule has 0 bridgehead atoms. The summed E-state index contributed by atoms with van der Waals surface area (Å²) in [7, 11) is 0. The molecule has 1 aromatic carbocycles. The molecule has 9 heteroatoms. The van der Waals surface area contributed by atoms with Crippen molar-refractivity contribution in [2.45, 2.75) is 44.9 Å². The van der Waals surface area contributed by atoms with Gasteiger partial charge in [-0.25, -0.2) is 4.79 Å². The summed E-state index contributed by atoms with van der Waals surface area (Å²) in [5.74, 6) is 0. The van der Waals surface area contributed by atoms with Crippen molar-refractivity contribution in [3.63, 3.8) is 0 Å². The fourth-order valence-corrected chi connectivity index (χ4v) is 2.92. The highest BCUT2D eigenvalue weighted by Crippen LogP contribution is 2.30. The van der Waals surface area contributed by atoms with E-state index < -0.39 is 28.8 Å². The van der Waals surface area contributed by atoms with E-state index in [9.17, 15) is 20.0 Å². The normalized spacial score (nSPS) is 20.9. The Morgan fingerprint density at radius 3 is 2.72 bits per heavy atom. The average Bonchev–Trinajstić information content (AvgIpc) is 2.48. The third-order valence-electron chi connectivity index (χ3n) is 3.73. The van der Waals surface area contributed by atoms with Gasteiger partial charge < -0.3 is 20.1 Å². The summed E-state index contributed by atoms with van der Waals surface area (Å²) in [5, 5.41) is 24.5. The average molecular weight is 416 g/mol. The standard InChI is InChI=1S/C16H22BrN3O5/c1-16(2,3)25-15(22)19-7-6-12(14(21)9-19)18-11-5-4-10(17)8-13(11)20(23)24/h4-5,8,12,14,18,21H,6-7,9H2,1-3H3/t12-,14-/m1/s1. The second-order valence-corrected chi connectivity index (χ2v) is 7.87. The topological polar surface area (TPSA) is 105 Å². The molecule has 8 nitrogen and oxygen atoms in total. The Labute approximate surface area is 154 Å². The van der Waals surface area contributed by atoms with Crippen molar-refractivity contribution in [2.24, 2.45) is 0 Å². The molecule has 138 valence electrons. The van der Waals surface area contributed by atoms with Crippen LogP contribution in [0.3, 0.4) is 0 Å². The molecular weight excluding hydrogens is 394 g/mol. The van der Waals surface area contributed by atoms with Crippen LogP contribution in [-0.4, -0.2) is 51.9 Å². The molecular formula is C16H22BrN3O5. The van der Waals surface area contributed by atoms with Gasteiger partial charge in [-0.05, 0) is 39.3 Å². The summed E-state index contributed by atoms with van der Waals surface area (Å²) >= 11 is 3.21. The van der Waals surface area contributed by atoms with E-state index in [4.69, 9.17) is 4.74 Å². The monoisotopic (exact) mass is 415 g/mol. The highest BCUT2D eigenvalue weighted by atomic mass is 79.9. The van der Waals surface area contributed by atoms with Crippen LogP contribution in [0, 0.1) is 10.1 Å². The molecule has 2 N–H and O–H groups in total. The third kappa shape index (κ3) is 5.30. The molecule has 0 saturated carbocycles. The van der Waals surface area contributed by atoms with E-state index in [0.717, 1.165) is 0 Å². The van der Waals surface area contributed by atoms with Crippen LogP contribution >= 0.6 is 15.9 Å². The smallest absolute Gasteiger partial charge is 0.410 e. The number of carbonyl (C=O) groups is 1. The Morgan fingerprint density at radius 2 is 2.16 bits per heavy atom. The number of β-amino-alcohol motifs (C(OH)–C–C–N with tert-alkyl or cyclic N) is 1. The zero-order chi connectivity index (χ0) is 18.8. The maximum absolute atomic E-state index is 12.1. The number of carbonyl (C=O) groups excluding carboxylic acids is 1. The van der Waals surface area contributed by atoms with Gasteiger partial charge in [0.25, 0.3) is 5.69 Å². The minimum absolute atomic E-state index is 0.0730. The number of nitro groups is 1. The lowest BCUT2D eigenvalue weighted by Gasteiger charge is -2.37. The van der Waals surface area contributed by atoms with Crippen LogP contribution in [0.15, 0.2) is 22.7 Å². The van der Waals surface area contributed by atoms with E-state index >= 15 is 0 Å². The molecule has 0 aliphatic carbocycles. The summed E-state index contributed by atoms with van der Waals surface area (Å²) in [4.78, 5) is 24.2. The van der Waals surface area contributed by atoms with Gasteiger partial charge in [-0.3, -0.25) is 10.1 Å². The zero-order valence-electron chi connectivity index (χ0n) is 14.4. The molecule has 0 aromatic heterocycles. The molecule has 0 radical (unpaired) electrons. The summed E-state index contributed by atoms with van der Waals surface area (Å²) < 4.78 is 5.91. The number of rotatable bonds is 3. The van der Waals surface area contributed by atoms with E-state index in [-0.39, 0.29) is 12.2 Å². The Balaban J connectivity index is 2.03. The largest absolute Gasteiger partial charge is 0.444 e. The summed E-state index contributed by atoms with van der Waals surface area (Å²) in [6.07, 6.45) is -0.877. The molecule has 2 rings (SSSR count). The van der Waals surface area contributed by atoms with Crippen LogP contribution < -0.4 is 5.32 Å². The number of amides is 1. The first-order valence-corrected chi connectivity index (χ1v) is 8.72. The molecule has 0 spiro atoms. The van der Waals surface area contributed by atoms with Gasteiger partial charge in [-0.1, -0.05) is 15.9 Å². The summed E-state index contributed by atoms with van der Waals surface area (Å²) in [6, 6.07) is 4.30. The molecule has 0 unspecified atom stereocenters. The number of nitrogens with zero attached hydrogens (tertiary/aromatic N) is 2. The van der Waals surface area contributed by atoms with Gasteiger partial charge in [0, 0.05) is 17.1 Å². The zero-order valence-corrected chi connectivity index (χ0v) is 15.9. The molecule has 1 aromatic rings. The minimum Gasteiger partial charge on any atom is -0.444 e. The Bertz CT molecular complexity index is 662. The number of likely N-dealkylation sites (tertiary alicyclic amines) is 1. The van der Waals surface area contributed by atoms with Crippen LogP contribution in [-0.2, 0) is 4.74 Å². The van der Waals surface area contributed by atoms with Gasteiger partial charge in [-0.2, -0.15) is 0 Å². The van der Waals surface area contributed by atoms with Crippen LogP contribution in [0.4, 0.5) is 16.2 Å². The van der Waals surface area contributed by atoms with Crippen molar-refractivity contribution in [3.05, 3.63) is 32.8 Å². The van der Waals surface area contributed by atoms with Gasteiger partial charge in [0.15, 0.2) is 0 Å². The lowest BCUT2D eigenvalue weighted by molar-refractivity contribution is -0.384. The number of aliphatic hydroxyl groups is 1. The molecule has 1 fully saturated rings.